The molecule has 0 amide bonds. The van der Waals surface area contributed by atoms with Crippen molar-refractivity contribution in [2.24, 2.45) is 0 Å². The fourth-order valence-corrected chi connectivity index (χ4v) is 0. The largest absolute Gasteiger partial charge is 1.00 e. The Morgan fingerprint density at radius 3 is 1.60 bits per heavy atom. The Kier molecular flexibility index (Phi) is 92.8. The van der Waals surface area contributed by atoms with Crippen LogP contribution in [0.5, 0.6) is 0 Å². The number of hydrogen-bond acceptors (Lipinski definition) is 1. The first-order valence-corrected chi connectivity index (χ1v) is 0.428. The van der Waals surface area contributed by atoms with E-state index in [1.165, 1.54) is 0 Å². The minimum Gasteiger partial charge on any atom is -0.724 e. The number of nitrogens with zero attached hydrogens (tertiary/aromatic N) is 1. The van der Waals surface area contributed by atoms with E-state index >= 15 is 0 Å². The molecule has 0 N–H and O–H groups in total. The van der Waals surface area contributed by atoms with Crippen molar-refractivity contribution in [2.75, 3.05) is 0 Å². The van der Waals surface area contributed by atoms with E-state index in [-0.39, 0.29) is 34.1 Å². The van der Waals surface area contributed by atoms with Gasteiger partial charge >= 0.3 is 17.1 Å². The molecule has 0 fully saturated rings. The molecule has 0 rings (SSSR count). The maximum absolute atomic E-state index is 8.24. The summed E-state index contributed by atoms with van der Waals surface area (Å²) in [5.74, 6) is 0. The zero-order valence-electron chi connectivity index (χ0n) is 2.01. The van der Waals surface area contributed by atoms with E-state index in [9.17, 15) is 0 Å². The van der Waals surface area contributed by atoms with Gasteiger partial charge in [0, 0.05) is 17.1 Å². The van der Waals surface area contributed by atoms with E-state index < -0.39 is 0 Å². The van der Waals surface area contributed by atoms with Crippen LogP contribution in [0.25, 0.3) is 5.41 Å². The van der Waals surface area contributed by atoms with Crippen LogP contribution in [0.3, 0.4) is 0 Å². The van der Waals surface area contributed by atoms with Crippen molar-refractivity contribution >= 4 is 6.08 Å². The van der Waals surface area contributed by atoms with Gasteiger partial charge in [-0.3, -0.25) is 4.79 Å². The molecule has 0 aliphatic carbocycles. The molecular formula is CCuFeNO. The van der Waals surface area contributed by atoms with E-state index in [0.717, 1.165) is 0 Å². The van der Waals surface area contributed by atoms with Gasteiger partial charge in [-0.2, -0.15) is 0 Å². The Morgan fingerprint density at radius 2 is 1.60 bits per heavy atom. The molecule has 0 saturated carbocycles. The minimum atomic E-state index is 0. The minimum absolute atomic E-state index is 0. The van der Waals surface area contributed by atoms with Gasteiger partial charge in [-0.15, -0.1) is 0 Å². The summed E-state index contributed by atoms with van der Waals surface area (Å²) in [5, 5.41) is 6.76. The molecule has 0 aliphatic heterocycles. The summed E-state index contributed by atoms with van der Waals surface area (Å²) in [6, 6.07) is 0. The van der Waals surface area contributed by atoms with Gasteiger partial charge in [-0.1, -0.05) is 0 Å². The van der Waals surface area contributed by atoms with E-state index in [2.05, 4.69) is 0 Å². The Balaban J connectivity index is -0.0000000200. The average molecular weight is 161 g/mol. The fraction of sp³-hybridized carbons (Fsp3) is 0. The van der Waals surface area contributed by atoms with Gasteiger partial charge in [0.15, 0.2) is 0 Å². The number of hydrogen-bond donors (Lipinski definition) is 0. The SMILES string of the molecule is [Cu+].[Fe].[N-]=C=O. The average Bonchev–Trinajstić information content (AvgIpc) is 0.918. The van der Waals surface area contributed by atoms with Crippen LogP contribution in [0.4, 0.5) is 0 Å². The zero-order valence-corrected chi connectivity index (χ0v) is 4.06. The molecule has 0 radical (unpaired) electrons. The quantitative estimate of drug-likeness (QED) is 0.277. The second-order valence-electron chi connectivity index (χ2n) is 0.0913. The molecule has 0 aromatic rings. The number of carbonyl (C=O) groups excluding carboxylic acids is 1. The molecule has 34 valence electrons. The molecule has 0 aromatic carbocycles. The molecule has 0 spiro atoms. The molecule has 0 unspecified atom stereocenters. The van der Waals surface area contributed by atoms with Gasteiger partial charge in [0.05, 0.1) is 0 Å². The first-order chi connectivity index (χ1) is 1.41. The molecule has 0 saturated heterocycles. The van der Waals surface area contributed by atoms with Gasteiger partial charge in [0.25, 0.3) is 0 Å². The van der Waals surface area contributed by atoms with Crippen molar-refractivity contribution < 1.29 is 38.9 Å². The van der Waals surface area contributed by atoms with Crippen molar-refractivity contribution in [3.8, 4) is 0 Å². The standard InChI is InChI=1S/CNO.Cu.Fe/c2-1-3;;/q-1;+1;. The molecule has 0 aromatic heterocycles. The van der Waals surface area contributed by atoms with Gasteiger partial charge in [0.1, 0.15) is 0 Å². The van der Waals surface area contributed by atoms with Crippen molar-refractivity contribution in [1.82, 2.24) is 0 Å². The smallest absolute Gasteiger partial charge is 0.724 e. The fourth-order valence-electron chi connectivity index (χ4n) is 0. The van der Waals surface area contributed by atoms with Gasteiger partial charge in [0.2, 0.25) is 0 Å². The maximum atomic E-state index is 8.24. The van der Waals surface area contributed by atoms with Crippen molar-refractivity contribution in [3.05, 3.63) is 5.41 Å². The van der Waals surface area contributed by atoms with Crippen LogP contribution in [0.15, 0.2) is 0 Å². The molecule has 0 aliphatic rings. The van der Waals surface area contributed by atoms with Crippen molar-refractivity contribution in [1.29, 1.82) is 0 Å². The number of isocyanates is 1. The van der Waals surface area contributed by atoms with Gasteiger partial charge in [-0.05, 0) is 6.08 Å². The third-order valence-corrected chi connectivity index (χ3v) is 0. The Morgan fingerprint density at radius 1 is 1.60 bits per heavy atom. The van der Waals surface area contributed by atoms with Crippen LogP contribution < -0.4 is 0 Å². The molecule has 5 heavy (non-hydrogen) atoms. The third kappa shape index (κ3) is 147. The molecule has 4 heteroatoms. The second-order valence-corrected chi connectivity index (χ2v) is 0.0913. The van der Waals surface area contributed by atoms with Crippen molar-refractivity contribution in [3.63, 3.8) is 0 Å². The Hall–Kier alpha value is 0.419. The van der Waals surface area contributed by atoms with Crippen LogP contribution in [-0.2, 0) is 38.9 Å². The molecule has 2 nitrogen and oxygen atoms in total. The van der Waals surface area contributed by atoms with Gasteiger partial charge < -0.3 is 5.41 Å². The van der Waals surface area contributed by atoms with E-state index in [1.54, 1.807) is 0 Å². The zero-order chi connectivity index (χ0) is 2.71. The Bertz CT molecular complexity index is 32.6. The predicted molar refractivity (Wildman–Crippen MR) is 9.05 cm³/mol. The normalized spacial score (nSPS) is 1.60. The van der Waals surface area contributed by atoms with Crippen LogP contribution in [0, 0.1) is 0 Å². The van der Waals surface area contributed by atoms with Crippen molar-refractivity contribution in [2.45, 2.75) is 0 Å². The van der Waals surface area contributed by atoms with E-state index in [1.807, 2.05) is 0 Å². The summed E-state index contributed by atoms with van der Waals surface area (Å²) in [4.78, 5) is 8.24. The first-order valence-electron chi connectivity index (χ1n) is 0.428. The first kappa shape index (κ1) is 18.1. The monoisotopic (exact) mass is 161 g/mol. The molecule has 0 heterocycles. The summed E-state index contributed by atoms with van der Waals surface area (Å²) in [6.07, 6.45) is 0.500. The maximum Gasteiger partial charge on any atom is 1.00 e. The van der Waals surface area contributed by atoms with Crippen LogP contribution in [-0.4, -0.2) is 6.08 Å². The summed E-state index contributed by atoms with van der Waals surface area (Å²) in [6.45, 7) is 0. The second kappa shape index (κ2) is 25.7. The molecule has 0 atom stereocenters. The summed E-state index contributed by atoms with van der Waals surface area (Å²) in [7, 11) is 0. The topological polar surface area (TPSA) is 39.4 Å². The van der Waals surface area contributed by atoms with Crippen LogP contribution in [0.1, 0.15) is 0 Å². The van der Waals surface area contributed by atoms with Gasteiger partial charge in [-0.25, -0.2) is 0 Å². The van der Waals surface area contributed by atoms with Crippen LogP contribution in [0.2, 0.25) is 0 Å². The predicted octanol–water partition coefficient (Wildman–Crippen LogP) is -0.113. The third-order valence-electron chi connectivity index (χ3n) is 0. The summed E-state index contributed by atoms with van der Waals surface area (Å²) in [5.41, 5.74) is 0. The summed E-state index contributed by atoms with van der Waals surface area (Å²) >= 11 is 0. The van der Waals surface area contributed by atoms with Crippen LogP contribution >= 0.6 is 0 Å². The molecular weight excluding hydrogens is 161 g/mol. The number of rotatable bonds is 0. The summed E-state index contributed by atoms with van der Waals surface area (Å²) < 4.78 is 0. The molecule has 0 bridgehead atoms. The Labute approximate surface area is 50.8 Å². The van der Waals surface area contributed by atoms with E-state index in [0.29, 0.717) is 6.08 Å². The van der Waals surface area contributed by atoms with E-state index in [4.69, 9.17) is 10.2 Å².